The topological polar surface area (TPSA) is 87.1 Å². The molecule has 6 heteroatoms. The van der Waals surface area contributed by atoms with Crippen molar-refractivity contribution in [3.05, 3.63) is 29.8 Å². The van der Waals surface area contributed by atoms with Crippen LogP contribution in [0.5, 0.6) is 5.75 Å². The molecule has 18 heavy (non-hydrogen) atoms. The molecule has 1 saturated heterocycles. The Bertz CT molecular complexity index is 473. The van der Waals surface area contributed by atoms with E-state index in [1.165, 1.54) is 11.0 Å². The van der Waals surface area contributed by atoms with Crippen LogP contribution in [0.4, 0.5) is 4.79 Å². The van der Waals surface area contributed by atoms with Crippen molar-refractivity contribution in [1.29, 1.82) is 0 Å². The van der Waals surface area contributed by atoms with Gasteiger partial charge in [-0.2, -0.15) is 0 Å². The Morgan fingerprint density at radius 2 is 2.17 bits per heavy atom. The van der Waals surface area contributed by atoms with E-state index in [-0.39, 0.29) is 25.3 Å². The molecule has 2 N–H and O–H groups in total. The number of cyclic esters (lactones) is 1. The summed E-state index contributed by atoms with van der Waals surface area (Å²) in [5.41, 5.74) is 0.562. The number of carboxylic acid groups (broad SMARTS) is 1. The number of rotatable bonds is 4. The molecule has 1 aliphatic rings. The minimum absolute atomic E-state index is 0.0682. The van der Waals surface area contributed by atoms with Gasteiger partial charge in [0.05, 0.1) is 19.0 Å². The van der Waals surface area contributed by atoms with Crippen LogP contribution in [-0.2, 0) is 16.1 Å². The Balaban J connectivity index is 2.13. The molecule has 0 radical (unpaired) electrons. The molecule has 6 nitrogen and oxygen atoms in total. The number of amides is 1. The Morgan fingerprint density at radius 3 is 2.83 bits per heavy atom. The third-order valence-electron chi connectivity index (χ3n) is 2.82. The summed E-state index contributed by atoms with van der Waals surface area (Å²) in [5.74, 6) is -0.910. The number of benzene rings is 1. The molecule has 0 saturated carbocycles. The van der Waals surface area contributed by atoms with E-state index >= 15 is 0 Å². The fourth-order valence-corrected chi connectivity index (χ4v) is 1.88. The van der Waals surface area contributed by atoms with Gasteiger partial charge in [-0.1, -0.05) is 18.2 Å². The first-order valence-corrected chi connectivity index (χ1v) is 5.50. The van der Waals surface area contributed by atoms with E-state index in [0.29, 0.717) is 5.56 Å². The summed E-state index contributed by atoms with van der Waals surface area (Å²) < 4.78 is 4.83. The molecule has 0 spiro atoms. The molecule has 0 aliphatic carbocycles. The summed E-state index contributed by atoms with van der Waals surface area (Å²) in [4.78, 5) is 23.5. The Kier molecular flexibility index (Phi) is 3.36. The molecule has 0 bridgehead atoms. The number of carboxylic acids is 1. The first-order chi connectivity index (χ1) is 8.58. The van der Waals surface area contributed by atoms with Crippen LogP contribution in [-0.4, -0.2) is 39.8 Å². The average molecular weight is 251 g/mol. The summed E-state index contributed by atoms with van der Waals surface area (Å²) in [6, 6.07) is 6.12. The molecule has 1 amide bonds. The summed E-state index contributed by atoms with van der Waals surface area (Å²) in [6.07, 6.45) is -0.719. The number of hydrogen-bond acceptors (Lipinski definition) is 4. The van der Waals surface area contributed by atoms with Crippen LogP contribution < -0.4 is 0 Å². The Morgan fingerprint density at radius 1 is 1.44 bits per heavy atom. The van der Waals surface area contributed by atoms with E-state index in [4.69, 9.17) is 9.84 Å². The molecule has 1 aromatic rings. The number of nitrogens with zero attached hydrogens (tertiary/aromatic N) is 1. The van der Waals surface area contributed by atoms with Crippen molar-refractivity contribution >= 4 is 12.1 Å². The van der Waals surface area contributed by atoms with Crippen LogP contribution in [0.2, 0.25) is 0 Å². The monoisotopic (exact) mass is 251 g/mol. The standard InChI is InChI=1S/C12H13NO5/c14-10-4-2-1-3-8(10)6-13-9(5-11(15)16)7-18-12(13)17/h1-4,9,14H,5-7H2,(H,15,16). The maximum Gasteiger partial charge on any atom is 0.410 e. The summed E-state index contributed by atoms with van der Waals surface area (Å²) in [7, 11) is 0. The normalized spacial score (nSPS) is 18.8. The second kappa shape index (κ2) is 4.95. The molecule has 0 aromatic heterocycles. The summed E-state index contributed by atoms with van der Waals surface area (Å²) in [5, 5.41) is 18.4. The lowest BCUT2D eigenvalue weighted by atomic mass is 10.1. The van der Waals surface area contributed by atoms with E-state index in [2.05, 4.69) is 0 Å². The SMILES string of the molecule is O=C(O)CC1COC(=O)N1Cc1ccccc1O. The fourth-order valence-electron chi connectivity index (χ4n) is 1.88. The van der Waals surface area contributed by atoms with E-state index < -0.39 is 18.1 Å². The van der Waals surface area contributed by atoms with Crippen molar-refractivity contribution in [2.45, 2.75) is 19.0 Å². The van der Waals surface area contributed by atoms with Gasteiger partial charge in [-0.15, -0.1) is 0 Å². The predicted molar refractivity (Wildman–Crippen MR) is 61.0 cm³/mol. The lowest BCUT2D eigenvalue weighted by Crippen LogP contribution is -2.34. The summed E-state index contributed by atoms with van der Waals surface area (Å²) in [6.45, 7) is 0.210. The van der Waals surface area contributed by atoms with Gasteiger partial charge in [-0.25, -0.2) is 4.79 Å². The first kappa shape index (κ1) is 12.2. The van der Waals surface area contributed by atoms with Crippen LogP contribution in [0.3, 0.4) is 0 Å². The highest BCUT2D eigenvalue weighted by atomic mass is 16.6. The number of phenolic OH excluding ortho intramolecular Hbond substituents is 1. The molecule has 1 atom stereocenters. The Hall–Kier alpha value is -2.24. The second-order valence-electron chi connectivity index (χ2n) is 4.09. The highest BCUT2D eigenvalue weighted by Crippen LogP contribution is 2.23. The molecular formula is C12H13NO5. The largest absolute Gasteiger partial charge is 0.508 e. The van der Waals surface area contributed by atoms with Crippen molar-refractivity contribution in [2.24, 2.45) is 0 Å². The van der Waals surface area contributed by atoms with Gasteiger partial charge in [0.25, 0.3) is 0 Å². The van der Waals surface area contributed by atoms with Gasteiger partial charge in [0, 0.05) is 5.56 Å². The highest BCUT2D eigenvalue weighted by Gasteiger charge is 2.34. The van der Waals surface area contributed by atoms with E-state index in [1.807, 2.05) is 0 Å². The summed E-state index contributed by atoms with van der Waals surface area (Å²) >= 11 is 0. The van der Waals surface area contributed by atoms with Gasteiger partial charge >= 0.3 is 12.1 Å². The molecule has 1 aliphatic heterocycles. The zero-order valence-corrected chi connectivity index (χ0v) is 9.57. The quantitative estimate of drug-likeness (QED) is 0.839. The second-order valence-corrected chi connectivity index (χ2v) is 4.09. The molecule has 96 valence electrons. The average Bonchev–Trinajstić information content (AvgIpc) is 2.64. The van der Waals surface area contributed by atoms with Crippen LogP contribution in [0, 0.1) is 0 Å². The number of aromatic hydroxyl groups is 1. The fraction of sp³-hybridized carbons (Fsp3) is 0.333. The van der Waals surface area contributed by atoms with Gasteiger partial charge in [0.1, 0.15) is 12.4 Å². The van der Waals surface area contributed by atoms with Crippen molar-refractivity contribution in [3.63, 3.8) is 0 Å². The van der Waals surface area contributed by atoms with Crippen LogP contribution >= 0.6 is 0 Å². The number of para-hydroxylation sites is 1. The van der Waals surface area contributed by atoms with Crippen molar-refractivity contribution in [3.8, 4) is 5.75 Å². The van der Waals surface area contributed by atoms with Crippen molar-refractivity contribution in [2.75, 3.05) is 6.61 Å². The number of carbonyl (C=O) groups excluding carboxylic acids is 1. The lowest BCUT2D eigenvalue weighted by Gasteiger charge is -2.20. The lowest BCUT2D eigenvalue weighted by molar-refractivity contribution is -0.138. The predicted octanol–water partition coefficient (Wildman–Crippen LogP) is 1.19. The third kappa shape index (κ3) is 2.53. The van der Waals surface area contributed by atoms with E-state index in [1.54, 1.807) is 18.2 Å². The number of aliphatic carboxylic acids is 1. The van der Waals surface area contributed by atoms with Crippen molar-refractivity contribution < 1.29 is 24.5 Å². The highest BCUT2D eigenvalue weighted by molar-refractivity contribution is 5.73. The van der Waals surface area contributed by atoms with Crippen LogP contribution in [0.25, 0.3) is 0 Å². The van der Waals surface area contributed by atoms with Gasteiger partial charge in [0.15, 0.2) is 0 Å². The third-order valence-corrected chi connectivity index (χ3v) is 2.82. The molecular weight excluding hydrogens is 238 g/mol. The van der Waals surface area contributed by atoms with Crippen LogP contribution in [0.1, 0.15) is 12.0 Å². The number of carbonyl (C=O) groups is 2. The molecule has 1 aromatic carbocycles. The minimum atomic E-state index is -0.986. The number of hydrogen-bond donors (Lipinski definition) is 2. The van der Waals surface area contributed by atoms with E-state index in [0.717, 1.165) is 0 Å². The maximum absolute atomic E-state index is 11.5. The van der Waals surface area contributed by atoms with Gasteiger partial charge in [-0.3, -0.25) is 9.69 Å². The zero-order valence-electron chi connectivity index (χ0n) is 9.57. The molecule has 1 fully saturated rings. The van der Waals surface area contributed by atoms with Crippen molar-refractivity contribution in [1.82, 2.24) is 4.90 Å². The number of phenols is 1. The Labute approximate surface area is 103 Å². The van der Waals surface area contributed by atoms with Crippen LogP contribution in [0.15, 0.2) is 24.3 Å². The van der Waals surface area contributed by atoms with Gasteiger partial charge in [-0.05, 0) is 6.07 Å². The van der Waals surface area contributed by atoms with Gasteiger partial charge in [0.2, 0.25) is 0 Å². The molecule has 2 rings (SSSR count). The van der Waals surface area contributed by atoms with E-state index in [9.17, 15) is 14.7 Å². The zero-order chi connectivity index (χ0) is 13.1. The number of ether oxygens (including phenoxy) is 1. The molecule has 1 heterocycles. The smallest absolute Gasteiger partial charge is 0.410 e. The van der Waals surface area contributed by atoms with Gasteiger partial charge < -0.3 is 14.9 Å². The molecule has 1 unspecified atom stereocenters. The first-order valence-electron chi connectivity index (χ1n) is 5.50. The maximum atomic E-state index is 11.5. The minimum Gasteiger partial charge on any atom is -0.508 e.